The van der Waals surface area contributed by atoms with Crippen LogP contribution < -0.4 is 5.32 Å². The van der Waals surface area contributed by atoms with Crippen molar-refractivity contribution in [3.8, 4) is 0 Å². The van der Waals surface area contributed by atoms with Crippen LogP contribution in [0.3, 0.4) is 0 Å². The van der Waals surface area contributed by atoms with E-state index in [1.165, 1.54) is 0 Å². The smallest absolute Gasteiger partial charge is 0.194 e. The molecule has 1 aliphatic heterocycles. The first kappa shape index (κ1) is 18.7. The molecule has 0 amide bonds. The second kappa shape index (κ2) is 8.43. The topological polar surface area (TPSA) is 70.8 Å². The van der Waals surface area contributed by atoms with Gasteiger partial charge in [-0.2, -0.15) is 5.10 Å². The lowest BCUT2D eigenvalue weighted by Gasteiger charge is -2.42. The molecule has 1 saturated heterocycles. The molecule has 0 aliphatic carbocycles. The van der Waals surface area contributed by atoms with Crippen molar-refractivity contribution in [2.75, 3.05) is 47.4 Å². The Balaban J connectivity index is 2.10. The van der Waals surface area contributed by atoms with Crippen molar-refractivity contribution < 1.29 is 4.74 Å². The predicted molar refractivity (Wildman–Crippen MR) is 94.9 cm³/mol. The molecule has 0 radical (unpaired) electrons. The number of aliphatic imine (C=N–C) groups is 1. The Bertz CT molecular complexity index is 534. The molecule has 0 bridgehead atoms. The Morgan fingerprint density at radius 1 is 1.38 bits per heavy atom. The summed E-state index contributed by atoms with van der Waals surface area (Å²) in [5, 5.41) is 7.51. The summed E-state index contributed by atoms with van der Waals surface area (Å²) in [7, 11) is 8.21. The first-order valence-corrected chi connectivity index (χ1v) is 8.56. The average Bonchev–Trinajstić information content (AvgIpc) is 2.97. The van der Waals surface area contributed by atoms with E-state index >= 15 is 0 Å². The third-order valence-corrected chi connectivity index (χ3v) is 4.78. The zero-order chi connectivity index (χ0) is 17.6. The molecule has 2 heterocycles. The quantitative estimate of drug-likeness (QED) is 0.596. The van der Waals surface area contributed by atoms with Crippen LogP contribution in [-0.4, -0.2) is 83.5 Å². The molecule has 1 fully saturated rings. The van der Waals surface area contributed by atoms with E-state index in [1.54, 1.807) is 11.0 Å². The van der Waals surface area contributed by atoms with E-state index in [0.717, 1.165) is 50.9 Å². The molecule has 0 spiro atoms. The Morgan fingerprint density at radius 3 is 2.62 bits per heavy atom. The van der Waals surface area contributed by atoms with Crippen molar-refractivity contribution in [1.82, 2.24) is 29.9 Å². The van der Waals surface area contributed by atoms with Crippen LogP contribution in [0.2, 0.25) is 0 Å². The molecule has 2 rings (SSSR count). The van der Waals surface area contributed by atoms with Crippen molar-refractivity contribution in [2.24, 2.45) is 12.0 Å². The van der Waals surface area contributed by atoms with E-state index in [9.17, 15) is 0 Å². The second-order valence-corrected chi connectivity index (χ2v) is 6.56. The summed E-state index contributed by atoms with van der Waals surface area (Å²) in [6, 6.07) is 0. The van der Waals surface area contributed by atoms with Gasteiger partial charge in [0, 0.05) is 39.4 Å². The van der Waals surface area contributed by atoms with Gasteiger partial charge in [-0.25, -0.2) is 4.98 Å². The third kappa shape index (κ3) is 4.45. The number of aromatic nitrogens is 3. The Labute approximate surface area is 144 Å². The lowest BCUT2D eigenvalue weighted by molar-refractivity contribution is -0.00263. The SMILES string of the molecule is CCNC(=NCC1(N(C)C)CCOCC1)N(C)Cc1ncnn1C. The normalized spacial score (nSPS) is 18.0. The molecule has 1 N–H and O–H groups in total. The highest BCUT2D eigenvalue weighted by Crippen LogP contribution is 2.26. The summed E-state index contributed by atoms with van der Waals surface area (Å²) in [5.74, 6) is 1.81. The maximum Gasteiger partial charge on any atom is 0.194 e. The molecular formula is C16H31N7O. The second-order valence-electron chi connectivity index (χ2n) is 6.56. The largest absolute Gasteiger partial charge is 0.381 e. The van der Waals surface area contributed by atoms with Crippen molar-refractivity contribution in [3.05, 3.63) is 12.2 Å². The highest BCUT2D eigenvalue weighted by molar-refractivity contribution is 5.79. The van der Waals surface area contributed by atoms with Gasteiger partial charge in [-0.1, -0.05) is 0 Å². The minimum absolute atomic E-state index is 0.0739. The number of rotatable bonds is 6. The van der Waals surface area contributed by atoms with E-state index < -0.39 is 0 Å². The van der Waals surface area contributed by atoms with Gasteiger partial charge in [-0.15, -0.1) is 0 Å². The van der Waals surface area contributed by atoms with E-state index in [4.69, 9.17) is 9.73 Å². The van der Waals surface area contributed by atoms with Gasteiger partial charge in [0.05, 0.1) is 13.1 Å². The molecular weight excluding hydrogens is 306 g/mol. The van der Waals surface area contributed by atoms with Gasteiger partial charge in [0.1, 0.15) is 12.2 Å². The maximum absolute atomic E-state index is 5.54. The average molecular weight is 337 g/mol. The lowest BCUT2D eigenvalue weighted by Crippen LogP contribution is -2.51. The van der Waals surface area contributed by atoms with Gasteiger partial charge in [-0.05, 0) is 33.9 Å². The molecule has 136 valence electrons. The van der Waals surface area contributed by atoms with Crippen molar-refractivity contribution >= 4 is 5.96 Å². The highest BCUT2D eigenvalue weighted by Gasteiger charge is 2.34. The van der Waals surface area contributed by atoms with Crippen LogP contribution in [0.15, 0.2) is 11.3 Å². The molecule has 1 aliphatic rings. The summed E-state index contributed by atoms with van der Waals surface area (Å²) >= 11 is 0. The van der Waals surface area contributed by atoms with Crippen LogP contribution in [0.4, 0.5) is 0 Å². The van der Waals surface area contributed by atoms with Gasteiger partial charge in [0.2, 0.25) is 0 Å². The highest BCUT2D eigenvalue weighted by atomic mass is 16.5. The maximum atomic E-state index is 5.54. The van der Waals surface area contributed by atoms with Crippen molar-refractivity contribution in [2.45, 2.75) is 31.8 Å². The van der Waals surface area contributed by atoms with Crippen LogP contribution >= 0.6 is 0 Å². The minimum atomic E-state index is 0.0739. The lowest BCUT2D eigenvalue weighted by atomic mass is 9.89. The van der Waals surface area contributed by atoms with Gasteiger partial charge in [0.15, 0.2) is 5.96 Å². The van der Waals surface area contributed by atoms with E-state index in [1.807, 2.05) is 14.1 Å². The monoisotopic (exact) mass is 337 g/mol. The first-order valence-electron chi connectivity index (χ1n) is 8.56. The number of likely N-dealkylation sites (N-methyl/N-ethyl adjacent to an activating group) is 1. The summed E-state index contributed by atoms with van der Waals surface area (Å²) < 4.78 is 7.33. The van der Waals surface area contributed by atoms with Gasteiger partial charge in [0.25, 0.3) is 0 Å². The number of ether oxygens (including phenoxy) is 1. The Morgan fingerprint density at radius 2 is 2.08 bits per heavy atom. The summed E-state index contributed by atoms with van der Waals surface area (Å²) in [5.41, 5.74) is 0.0739. The van der Waals surface area contributed by atoms with E-state index in [2.05, 4.69) is 46.2 Å². The van der Waals surface area contributed by atoms with Crippen LogP contribution in [0.5, 0.6) is 0 Å². The third-order valence-electron chi connectivity index (χ3n) is 4.78. The predicted octanol–water partition coefficient (Wildman–Crippen LogP) is 0.323. The molecule has 0 saturated carbocycles. The summed E-state index contributed by atoms with van der Waals surface area (Å²) in [4.78, 5) is 13.6. The van der Waals surface area contributed by atoms with Gasteiger partial charge < -0.3 is 19.9 Å². The molecule has 0 atom stereocenters. The molecule has 1 aromatic heterocycles. The Hall–Kier alpha value is -1.67. The van der Waals surface area contributed by atoms with Crippen molar-refractivity contribution in [3.63, 3.8) is 0 Å². The van der Waals surface area contributed by atoms with Crippen LogP contribution in [0.25, 0.3) is 0 Å². The van der Waals surface area contributed by atoms with Crippen LogP contribution in [0, 0.1) is 0 Å². The fourth-order valence-corrected chi connectivity index (χ4v) is 2.94. The molecule has 0 aromatic carbocycles. The summed E-state index contributed by atoms with van der Waals surface area (Å²) in [6.45, 7) is 5.95. The van der Waals surface area contributed by atoms with Gasteiger partial charge >= 0.3 is 0 Å². The number of hydrogen-bond acceptors (Lipinski definition) is 5. The number of nitrogens with one attached hydrogen (secondary N) is 1. The zero-order valence-electron chi connectivity index (χ0n) is 15.6. The molecule has 8 heteroatoms. The van der Waals surface area contributed by atoms with Crippen LogP contribution in [0.1, 0.15) is 25.6 Å². The number of hydrogen-bond donors (Lipinski definition) is 1. The zero-order valence-corrected chi connectivity index (χ0v) is 15.6. The molecule has 8 nitrogen and oxygen atoms in total. The standard InChI is InChI=1S/C16H31N7O/c1-6-17-15(22(4)11-14-19-13-20-23(14)5)18-12-16(21(2)3)7-9-24-10-8-16/h13H,6-12H2,1-5H3,(H,17,18). The summed E-state index contributed by atoms with van der Waals surface area (Å²) in [6.07, 6.45) is 3.60. The number of guanidine groups is 1. The molecule has 1 aromatic rings. The van der Waals surface area contributed by atoms with E-state index in [-0.39, 0.29) is 5.54 Å². The number of nitrogens with zero attached hydrogens (tertiary/aromatic N) is 6. The minimum Gasteiger partial charge on any atom is -0.381 e. The molecule has 24 heavy (non-hydrogen) atoms. The van der Waals surface area contributed by atoms with Crippen LogP contribution in [-0.2, 0) is 18.3 Å². The fourth-order valence-electron chi connectivity index (χ4n) is 2.94. The Kier molecular flexibility index (Phi) is 6.56. The number of aryl methyl sites for hydroxylation is 1. The van der Waals surface area contributed by atoms with E-state index in [0.29, 0.717) is 6.54 Å². The fraction of sp³-hybridized carbons (Fsp3) is 0.812. The molecule has 0 unspecified atom stereocenters. The first-order chi connectivity index (χ1) is 11.5. The van der Waals surface area contributed by atoms with Gasteiger partial charge in [-0.3, -0.25) is 9.67 Å². The van der Waals surface area contributed by atoms with Crippen molar-refractivity contribution in [1.29, 1.82) is 0 Å².